The minimum atomic E-state index is 0.800. The van der Waals surface area contributed by atoms with Crippen molar-refractivity contribution in [3.05, 3.63) is 0 Å². The molecule has 0 aromatic carbocycles. The van der Waals surface area contributed by atoms with Crippen molar-refractivity contribution in [2.45, 2.75) is 64.8 Å². The van der Waals surface area contributed by atoms with Crippen LogP contribution in [0, 0.1) is 5.92 Å². The van der Waals surface area contributed by atoms with E-state index >= 15 is 0 Å². The van der Waals surface area contributed by atoms with Crippen LogP contribution in [0.5, 0.6) is 0 Å². The van der Waals surface area contributed by atoms with Crippen molar-refractivity contribution in [1.82, 2.24) is 5.32 Å². The zero-order valence-electron chi connectivity index (χ0n) is 9.31. The van der Waals surface area contributed by atoms with Crippen molar-refractivity contribution < 1.29 is 0 Å². The van der Waals surface area contributed by atoms with Crippen LogP contribution in [0.4, 0.5) is 0 Å². The van der Waals surface area contributed by atoms with Crippen molar-refractivity contribution in [3.63, 3.8) is 0 Å². The zero-order valence-corrected chi connectivity index (χ0v) is 9.31. The second-order valence-corrected chi connectivity index (χ2v) is 4.46. The third-order valence-corrected chi connectivity index (χ3v) is 2.96. The molecule has 0 aromatic heterocycles. The predicted octanol–water partition coefficient (Wildman–Crippen LogP) is 3.34. The standard InChI is InChI=1S/C12H25N/c1-3-5-12(6-4-2)13-10-9-11-7-8-11/h11-13H,3-10H2,1-2H3. The van der Waals surface area contributed by atoms with E-state index in [0.717, 1.165) is 12.0 Å². The van der Waals surface area contributed by atoms with Gasteiger partial charge in [-0.25, -0.2) is 0 Å². The van der Waals surface area contributed by atoms with Gasteiger partial charge in [0.25, 0.3) is 0 Å². The molecule has 0 bridgehead atoms. The van der Waals surface area contributed by atoms with Gasteiger partial charge in [-0.2, -0.15) is 0 Å². The van der Waals surface area contributed by atoms with Crippen LogP contribution >= 0.6 is 0 Å². The summed E-state index contributed by atoms with van der Waals surface area (Å²) in [5, 5.41) is 3.69. The highest BCUT2D eigenvalue weighted by molar-refractivity contribution is 4.75. The van der Waals surface area contributed by atoms with Crippen molar-refractivity contribution in [2.24, 2.45) is 5.92 Å². The Morgan fingerprint density at radius 3 is 2.23 bits per heavy atom. The molecule has 1 saturated carbocycles. The van der Waals surface area contributed by atoms with E-state index in [1.807, 2.05) is 0 Å². The topological polar surface area (TPSA) is 12.0 Å². The van der Waals surface area contributed by atoms with Gasteiger partial charge in [0.15, 0.2) is 0 Å². The van der Waals surface area contributed by atoms with Gasteiger partial charge in [-0.3, -0.25) is 0 Å². The van der Waals surface area contributed by atoms with Crippen LogP contribution in [-0.4, -0.2) is 12.6 Å². The number of rotatable bonds is 8. The number of nitrogens with one attached hydrogen (secondary N) is 1. The SMILES string of the molecule is CCCC(CCC)NCCC1CC1. The van der Waals surface area contributed by atoms with Gasteiger partial charge in [-0.1, -0.05) is 39.5 Å². The van der Waals surface area contributed by atoms with Crippen molar-refractivity contribution >= 4 is 0 Å². The summed E-state index contributed by atoms with van der Waals surface area (Å²) in [5.41, 5.74) is 0. The Labute approximate surface area is 83.3 Å². The molecule has 0 spiro atoms. The summed E-state index contributed by atoms with van der Waals surface area (Å²) < 4.78 is 0. The van der Waals surface area contributed by atoms with Crippen LogP contribution in [0.15, 0.2) is 0 Å². The summed E-state index contributed by atoms with van der Waals surface area (Å²) in [7, 11) is 0. The number of hydrogen-bond acceptors (Lipinski definition) is 1. The van der Waals surface area contributed by atoms with Crippen LogP contribution in [-0.2, 0) is 0 Å². The van der Waals surface area contributed by atoms with Crippen molar-refractivity contribution in [1.29, 1.82) is 0 Å². The van der Waals surface area contributed by atoms with Gasteiger partial charge in [0.05, 0.1) is 0 Å². The zero-order chi connectivity index (χ0) is 9.52. The van der Waals surface area contributed by atoms with E-state index in [9.17, 15) is 0 Å². The Morgan fingerprint density at radius 1 is 1.15 bits per heavy atom. The monoisotopic (exact) mass is 183 g/mol. The maximum atomic E-state index is 3.69. The highest BCUT2D eigenvalue weighted by Gasteiger charge is 2.20. The molecule has 0 saturated heterocycles. The first-order valence-electron chi connectivity index (χ1n) is 6.10. The molecule has 0 aliphatic heterocycles. The van der Waals surface area contributed by atoms with E-state index in [4.69, 9.17) is 0 Å². The summed E-state index contributed by atoms with van der Waals surface area (Å²) >= 11 is 0. The fourth-order valence-corrected chi connectivity index (χ4v) is 1.94. The van der Waals surface area contributed by atoms with E-state index in [-0.39, 0.29) is 0 Å². The molecule has 1 rings (SSSR count). The molecule has 0 unspecified atom stereocenters. The van der Waals surface area contributed by atoms with Gasteiger partial charge < -0.3 is 5.32 Å². The molecule has 78 valence electrons. The normalized spacial score (nSPS) is 16.8. The molecule has 0 heterocycles. The van der Waals surface area contributed by atoms with Gasteiger partial charge in [-0.15, -0.1) is 0 Å². The molecule has 1 fully saturated rings. The van der Waals surface area contributed by atoms with Crippen LogP contribution in [0.3, 0.4) is 0 Å². The fourth-order valence-electron chi connectivity index (χ4n) is 1.94. The van der Waals surface area contributed by atoms with Gasteiger partial charge >= 0.3 is 0 Å². The summed E-state index contributed by atoms with van der Waals surface area (Å²) in [5.74, 6) is 1.08. The summed E-state index contributed by atoms with van der Waals surface area (Å²) in [4.78, 5) is 0. The molecular formula is C12H25N. The Morgan fingerprint density at radius 2 is 1.77 bits per heavy atom. The maximum Gasteiger partial charge on any atom is 0.00668 e. The molecule has 1 aliphatic rings. The highest BCUT2D eigenvalue weighted by Crippen LogP contribution is 2.31. The average molecular weight is 183 g/mol. The molecule has 0 amide bonds. The Balaban J connectivity index is 1.98. The van der Waals surface area contributed by atoms with E-state index in [2.05, 4.69) is 19.2 Å². The first-order valence-corrected chi connectivity index (χ1v) is 6.10. The first kappa shape index (κ1) is 11.0. The minimum absolute atomic E-state index is 0.800. The lowest BCUT2D eigenvalue weighted by molar-refractivity contribution is 0.435. The lowest BCUT2D eigenvalue weighted by Gasteiger charge is -2.16. The summed E-state index contributed by atoms with van der Waals surface area (Å²) in [6, 6.07) is 0.800. The van der Waals surface area contributed by atoms with Crippen molar-refractivity contribution in [2.75, 3.05) is 6.54 Å². The smallest absolute Gasteiger partial charge is 0.00668 e. The van der Waals surface area contributed by atoms with Gasteiger partial charge in [0.2, 0.25) is 0 Å². The second-order valence-electron chi connectivity index (χ2n) is 4.46. The van der Waals surface area contributed by atoms with Crippen LogP contribution < -0.4 is 5.32 Å². The van der Waals surface area contributed by atoms with Crippen LogP contribution in [0.1, 0.15) is 58.8 Å². The molecule has 1 N–H and O–H groups in total. The van der Waals surface area contributed by atoms with Gasteiger partial charge in [0, 0.05) is 6.04 Å². The van der Waals surface area contributed by atoms with Crippen molar-refractivity contribution in [3.8, 4) is 0 Å². The van der Waals surface area contributed by atoms with Crippen LogP contribution in [0.25, 0.3) is 0 Å². The van der Waals surface area contributed by atoms with Gasteiger partial charge in [0.1, 0.15) is 0 Å². The summed E-state index contributed by atoms with van der Waals surface area (Å²) in [6.45, 7) is 5.83. The number of hydrogen-bond donors (Lipinski definition) is 1. The van der Waals surface area contributed by atoms with E-state index in [0.29, 0.717) is 0 Å². The first-order chi connectivity index (χ1) is 6.36. The highest BCUT2D eigenvalue weighted by atomic mass is 14.9. The minimum Gasteiger partial charge on any atom is -0.314 e. The lowest BCUT2D eigenvalue weighted by Crippen LogP contribution is -2.29. The van der Waals surface area contributed by atoms with Crippen LogP contribution in [0.2, 0.25) is 0 Å². The molecule has 1 aliphatic carbocycles. The Hall–Kier alpha value is -0.0400. The third-order valence-electron chi connectivity index (χ3n) is 2.96. The van der Waals surface area contributed by atoms with E-state index in [1.54, 1.807) is 0 Å². The molecule has 0 atom stereocenters. The summed E-state index contributed by atoms with van der Waals surface area (Å²) in [6.07, 6.45) is 9.77. The van der Waals surface area contributed by atoms with Gasteiger partial charge in [-0.05, 0) is 31.7 Å². The molecule has 13 heavy (non-hydrogen) atoms. The molecular weight excluding hydrogens is 158 g/mol. The van der Waals surface area contributed by atoms with E-state index in [1.165, 1.54) is 51.5 Å². The Bertz CT molecular complexity index is 112. The predicted molar refractivity (Wildman–Crippen MR) is 58.9 cm³/mol. The maximum absolute atomic E-state index is 3.69. The second kappa shape index (κ2) is 6.42. The molecule has 0 aromatic rings. The molecule has 1 heteroatoms. The average Bonchev–Trinajstić information content (AvgIpc) is 2.89. The largest absolute Gasteiger partial charge is 0.314 e. The quantitative estimate of drug-likeness (QED) is 0.608. The van der Waals surface area contributed by atoms with E-state index < -0.39 is 0 Å². The lowest BCUT2D eigenvalue weighted by atomic mass is 10.1. The fraction of sp³-hybridized carbons (Fsp3) is 1.00. The Kier molecular flexibility index (Phi) is 5.45. The third kappa shape index (κ3) is 5.30. The molecule has 1 nitrogen and oxygen atoms in total. The molecule has 0 radical (unpaired) electrons.